The van der Waals surface area contributed by atoms with E-state index in [0.29, 0.717) is 0 Å². The Morgan fingerprint density at radius 2 is 1.94 bits per heavy atom. The van der Waals surface area contributed by atoms with Crippen LogP contribution in [0.2, 0.25) is 0 Å². The van der Waals surface area contributed by atoms with Crippen LogP contribution in [-0.4, -0.2) is 5.11 Å². The second kappa shape index (κ2) is 4.67. The van der Waals surface area contributed by atoms with Crippen molar-refractivity contribution in [2.45, 2.75) is 6.42 Å². The van der Waals surface area contributed by atoms with Crippen molar-refractivity contribution in [1.29, 1.82) is 0 Å². The van der Waals surface area contributed by atoms with E-state index in [-0.39, 0.29) is 5.75 Å². The number of hydrogen-bond donors (Lipinski definition) is 1. The second-order valence-corrected chi connectivity index (χ2v) is 3.80. The van der Waals surface area contributed by atoms with Crippen molar-refractivity contribution in [3.8, 4) is 5.75 Å². The maximum atomic E-state index is 9.45. The van der Waals surface area contributed by atoms with Crippen LogP contribution in [-0.2, 0) is 0 Å². The lowest BCUT2D eigenvalue weighted by molar-refractivity contribution is 0.474. The minimum Gasteiger partial charge on any atom is -0.508 e. The van der Waals surface area contributed by atoms with Crippen LogP contribution in [0.5, 0.6) is 5.75 Å². The molecule has 1 nitrogen and oxygen atoms in total. The van der Waals surface area contributed by atoms with Gasteiger partial charge in [-0.3, -0.25) is 0 Å². The Balaban J connectivity index is 2.69. The lowest BCUT2D eigenvalue weighted by Crippen LogP contribution is -2.23. The molecule has 0 atom stereocenters. The fourth-order valence-electron chi connectivity index (χ4n) is 1.64. The van der Waals surface area contributed by atoms with Crippen molar-refractivity contribution in [3.63, 3.8) is 0 Å². The van der Waals surface area contributed by atoms with Crippen molar-refractivity contribution in [1.82, 2.24) is 0 Å². The highest BCUT2D eigenvalue weighted by atomic mass is 16.3. The molecule has 0 unspecified atom stereocenters. The molecule has 80 valence electrons. The summed E-state index contributed by atoms with van der Waals surface area (Å²) in [5, 5.41) is 11.5. The van der Waals surface area contributed by atoms with E-state index in [4.69, 9.17) is 0 Å². The number of phenols is 1. The molecule has 0 fully saturated rings. The van der Waals surface area contributed by atoms with Gasteiger partial charge in [-0.05, 0) is 29.0 Å². The lowest BCUT2D eigenvalue weighted by Gasteiger charge is -1.97. The minimum atomic E-state index is 0.287. The van der Waals surface area contributed by atoms with Crippen LogP contribution in [0, 0.1) is 0 Å². The molecule has 1 heteroatoms. The topological polar surface area (TPSA) is 20.2 Å². The molecule has 1 aromatic rings. The largest absolute Gasteiger partial charge is 0.508 e. The minimum absolute atomic E-state index is 0.287. The number of phenolic OH excluding ortho intramolecular Hbond substituents is 1. The van der Waals surface area contributed by atoms with Gasteiger partial charge in [0, 0.05) is 0 Å². The molecule has 1 aromatic carbocycles. The summed E-state index contributed by atoms with van der Waals surface area (Å²) < 4.78 is 0. The third kappa shape index (κ3) is 2.51. The van der Waals surface area contributed by atoms with Gasteiger partial charge in [0.1, 0.15) is 5.75 Å². The molecule has 0 bridgehead atoms. The molecule has 2 rings (SSSR count). The second-order valence-electron chi connectivity index (χ2n) is 3.80. The van der Waals surface area contributed by atoms with Crippen LogP contribution < -0.4 is 10.4 Å². The van der Waals surface area contributed by atoms with E-state index in [1.165, 1.54) is 0 Å². The van der Waals surface area contributed by atoms with Crippen LogP contribution >= 0.6 is 0 Å². The van der Waals surface area contributed by atoms with Crippen molar-refractivity contribution in [2.75, 3.05) is 0 Å². The summed E-state index contributed by atoms with van der Waals surface area (Å²) in [6, 6.07) is 5.36. The van der Waals surface area contributed by atoms with Gasteiger partial charge in [-0.15, -0.1) is 0 Å². The van der Waals surface area contributed by atoms with Crippen molar-refractivity contribution in [3.05, 3.63) is 65.1 Å². The molecule has 0 amide bonds. The van der Waals surface area contributed by atoms with Gasteiger partial charge in [-0.25, -0.2) is 0 Å². The van der Waals surface area contributed by atoms with Crippen molar-refractivity contribution in [2.24, 2.45) is 0 Å². The molecular formula is C15H14O. The first-order valence-electron chi connectivity index (χ1n) is 5.28. The first-order valence-corrected chi connectivity index (χ1v) is 5.28. The summed E-state index contributed by atoms with van der Waals surface area (Å²) in [4.78, 5) is 0. The molecule has 0 spiro atoms. The quantitative estimate of drug-likeness (QED) is 0.694. The zero-order valence-electron chi connectivity index (χ0n) is 9.06. The summed E-state index contributed by atoms with van der Waals surface area (Å²) >= 11 is 0. The van der Waals surface area contributed by atoms with Crippen LogP contribution in [0.15, 0.2) is 54.7 Å². The van der Waals surface area contributed by atoms with E-state index in [1.54, 1.807) is 12.1 Å². The van der Waals surface area contributed by atoms with Gasteiger partial charge in [-0.1, -0.05) is 54.7 Å². The summed E-state index contributed by atoms with van der Waals surface area (Å²) in [6.07, 6.45) is 12.9. The molecule has 0 aromatic heterocycles. The summed E-state index contributed by atoms with van der Waals surface area (Å²) in [7, 11) is 0. The Kier molecular flexibility index (Phi) is 3.06. The molecule has 1 aliphatic rings. The maximum Gasteiger partial charge on any atom is 0.116 e. The zero-order valence-corrected chi connectivity index (χ0v) is 9.06. The standard InChI is InChI=1S/C15H14O/c1-12-6-4-2-3-5-7-13-11-15(16)9-8-14(13)10-12/h2-5,7-11,16H,1,6H2. The Morgan fingerprint density at radius 1 is 1.06 bits per heavy atom. The summed E-state index contributed by atoms with van der Waals surface area (Å²) in [5.41, 5.74) is 1.06. The third-order valence-corrected chi connectivity index (χ3v) is 2.44. The van der Waals surface area contributed by atoms with E-state index < -0.39 is 0 Å². The average molecular weight is 210 g/mol. The van der Waals surface area contributed by atoms with E-state index in [1.807, 2.05) is 30.4 Å². The maximum absolute atomic E-state index is 9.45. The lowest BCUT2D eigenvalue weighted by atomic mass is 10.1. The van der Waals surface area contributed by atoms with Crippen LogP contribution in [0.25, 0.3) is 12.2 Å². The number of fused-ring (bicyclic) bond motifs is 1. The van der Waals surface area contributed by atoms with E-state index in [9.17, 15) is 5.11 Å². The highest BCUT2D eigenvalue weighted by Crippen LogP contribution is 2.03. The SMILES string of the molecule is C=C1C=c2ccc(O)cc2=CC=CC=CC1. The Bertz CT molecular complexity index is 574. The predicted molar refractivity (Wildman–Crippen MR) is 68.3 cm³/mol. The molecule has 0 heterocycles. The molecule has 0 radical (unpaired) electrons. The molecule has 0 saturated carbocycles. The molecule has 0 aliphatic heterocycles. The molecule has 1 N–H and O–H groups in total. The van der Waals surface area contributed by atoms with Gasteiger partial charge in [-0.2, -0.15) is 0 Å². The van der Waals surface area contributed by atoms with E-state index in [0.717, 1.165) is 22.4 Å². The summed E-state index contributed by atoms with van der Waals surface area (Å²) in [5.74, 6) is 0.287. The third-order valence-electron chi connectivity index (χ3n) is 2.44. The number of hydrogen-bond acceptors (Lipinski definition) is 1. The number of rotatable bonds is 0. The van der Waals surface area contributed by atoms with Crippen LogP contribution in [0.4, 0.5) is 0 Å². The van der Waals surface area contributed by atoms with Gasteiger partial charge in [0.05, 0.1) is 0 Å². The fourth-order valence-corrected chi connectivity index (χ4v) is 1.64. The first-order chi connectivity index (χ1) is 7.75. The molecule has 16 heavy (non-hydrogen) atoms. The summed E-state index contributed by atoms with van der Waals surface area (Å²) in [6.45, 7) is 4.00. The molecule has 1 aliphatic carbocycles. The van der Waals surface area contributed by atoms with Crippen LogP contribution in [0.1, 0.15) is 6.42 Å². The zero-order chi connectivity index (χ0) is 11.4. The molecular weight excluding hydrogens is 196 g/mol. The predicted octanol–water partition coefficient (Wildman–Crippen LogP) is 2.03. The number of allylic oxidation sites excluding steroid dienone is 5. The Labute approximate surface area is 95.1 Å². The average Bonchev–Trinajstić information content (AvgIpc) is 2.26. The first kappa shape index (κ1) is 10.5. The highest BCUT2D eigenvalue weighted by Gasteiger charge is 1.91. The van der Waals surface area contributed by atoms with E-state index >= 15 is 0 Å². The molecule has 0 saturated heterocycles. The van der Waals surface area contributed by atoms with Crippen molar-refractivity contribution < 1.29 is 5.11 Å². The van der Waals surface area contributed by atoms with E-state index in [2.05, 4.69) is 18.7 Å². The monoisotopic (exact) mass is 210 g/mol. The van der Waals surface area contributed by atoms with Gasteiger partial charge >= 0.3 is 0 Å². The fraction of sp³-hybridized carbons (Fsp3) is 0.0667. The smallest absolute Gasteiger partial charge is 0.116 e. The van der Waals surface area contributed by atoms with Gasteiger partial charge in [0.25, 0.3) is 0 Å². The van der Waals surface area contributed by atoms with Gasteiger partial charge in [0.15, 0.2) is 0 Å². The van der Waals surface area contributed by atoms with Crippen LogP contribution in [0.3, 0.4) is 0 Å². The number of aromatic hydroxyl groups is 1. The highest BCUT2D eigenvalue weighted by molar-refractivity contribution is 5.50. The number of benzene rings is 1. The van der Waals surface area contributed by atoms with Crippen molar-refractivity contribution >= 4 is 12.2 Å². The Hall–Kier alpha value is -2.02. The Morgan fingerprint density at radius 3 is 2.81 bits per heavy atom. The van der Waals surface area contributed by atoms with Gasteiger partial charge in [0.2, 0.25) is 0 Å². The normalized spacial score (nSPS) is 14.9. The van der Waals surface area contributed by atoms with Gasteiger partial charge < -0.3 is 5.11 Å².